The number of piperidine rings is 1. The second-order valence-electron chi connectivity index (χ2n) is 15.5. The number of halogens is 1. The molecule has 0 unspecified atom stereocenters. The Kier molecular flexibility index (Phi) is 10.1. The van der Waals surface area contributed by atoms with Gasteiger partial charge in [0.15, 0.2) is 6.10 Å². The predicted molar refractivity (Wildman–Crippen MR) is 162 cm³/mol. The van der Waals surface area contributed by atoms with Crippen LogP contribution in [0.3, 0.4) is 0 Å². The topological polar surface area (TPSA) is 65.1 Å². The molecule has 0 spiro atoms. The van der Waals surface area contributed by atoms with Crippen molar-refractivity contribution in [3.8, 4) is 0 Å². The van der Waals surface area contributed by atoms with E-state index in [9.17, 15) is 9.59 Å². The number of quaternary nitrogens is 1. The lowest BCUT2D eigenvalue weighted by Gasteiger charge is -2.62. The SMILES string of the molecule is C=CC[N+]1([C@H]2C[C@H]3[C@@H]4CC[C@H]5C[C@H](OC(C)=O)[C@@H](N6CCOCC6)C[C@]5(C)[C@H]4CC[C@]3(C)[C@H]2OC(C)=O)CCCCC1.[Br-]. The number of likely N-dealkylation sites (tertiary alicyclic amines) is 1. The molecule has 2 heterocycles. The Hall–Kier alpha value is -0.960. The molecule has 0 aromatic carbocycles. The molecule has 10 atom stereocenters. The number of carbonyl (C=O) groups is 2. The van der Waals surface area contributed by atoms with E-state index in [4.69, 9.17) is 14.2 Å². The highest BCUT2D eigenvalue weighted by Gasteiger charge is 2.67. The molecule has 43 heavy (non-hydrogen) atoms. The molecule has 0 N–H and O–H groups in total. The lowest BCUT2D eigenvalue weighted by atomic mass is 9.44. The first kappa shape index (κ1) is 33.4. The van der Waals surface area contributed by atoms with Gasteiger partial charge in [-0.25, -0.2) is 0 Å². The Labute approximate surface area is 270 Å². The molecule has 0 bridgehead atoms. The molecule has 244 valence electrons. The summed E-state index contributed by atoms with van der Waals surface area (Å²) >= 11 is 0. The fourth-order valence-corrected chi connectivity index (χ4v) is 11.8. The van der Waals surface area contributed by atoms with Crippen molar-refractivity contribution in [3.63, 3.8) is 0 Å². The van der Waals surface area contributed by atoms with Crippen LogP contribution in [0.1, 0.15) is 91.9 Å². The first-order valence-electron chi connectivity index (χ1n) is 17.2. The largest absolute Gasteiger partial charge is 1.00 e. The molecular formula is C35H57BrN2O5. The highest BCUT2D eigenvalue weighted by molar-refractivity contribution is 5.66. The van der Waals surface area contributed by atoms with Crippen LogP contribution in [0.15, 0.2) is 12.7 Å². The van der Waals surface area contributed by atoms with Gasteiger partial charge in [0.2, 0.25) is 0 Å². The van der Waals surface area contributed by atoms with Crippen molar-refractivity contribution in [3.05, 3.63) is 12.7 Å². The van der Waals surface area contributed by atoms with Crippen LogP contribution in [0.4, 0.5) is 0 Å². The minimum Gasteiger partial charge on any atom is -1.00 e. The van der Waals surface area contributed by atoms with Crippen LogP contribution in [0.2, 0.25) is 0 Å². The number of hydrogen-bond donors (Lipinski definition) is 0. The third kappa shape index (κ3) is 5.89. The van der Waals surface area contributed by atoms with Gasteiger partial charge in [0.05, 0.1) is 32.8 Å². The first-order valence-corrected chi connectivity index (χ1v) is 17.2. The summed E-state index contributed by atoms with van der Waals surface area (Å²) in [5.74, 6) is 2.24. The molecule has 2 aliphatic heterocycles. The highest BCUT2D eigenvalue weighted by Crippen LogP contribution is 2.67. The summed E-state index contributed by atoms with van der Waals surface area (Å²) in [7, 11) is 0. The maximum Gasteiger partial charge on any atom is 0.303 e. The van der Waals surface area contributed by atoms with E-state index in [1.165, 1.54) is 58.0 Å². The lowest BCUT2D eigenvalue weighted by Crippen LogP contribution is -3.00. The van der Waals surface area contributed by atoms with Crippen molar-refractivity contribution in [2.45, 2.75) is 116 Å². The van der Waals surface area contributed by atoms with Crippen LogP contribution in [0, 0.1) is 34.5 Å². The Morgan fingerprint density at radius 1 is 0.953 bits per heavy atom. The van der Waals surface area contributed by atoms with Gasteiger partial charge in [-0.05, 0) is 93.0 Å². The van der Waals surface area contributed by atoms with Crippen LogP contribution in [-0.2, 0) is 23.8 Å². The summed E-state index contributed by atoms with van der Waals surface area (Å²) in [4.78, 5) is 27.4. The molecule has 0 aromatic rings. The molecular weight excluding hydrogens is 608 g/mol. The number of rotatable bonds is 6. The molecule has 4 aliphatic carbocycles. The van der Waals surface area contributed by atoms with E-state index in [-0.39, 0.29) is 58.0 Å². The van der Waals surface area contributed by atoms with Crippen molar-refractivity contribution in [2.24, 2.45) is 34.5 Å². The zero-order valence-corrected chi connectivity index (χ0v) is 28.8. The van der Waals surface area contributed by atoms with E-state index in [1.807, 2.05) is 0 Å². The quantitative estimate of drug-likeness (QED) is 0.247. The minimum absolute atomic E-state index is 0. The van der Waals surface area contributed by atoms with Crippen molar-refractivity contribution in [1.82, 2.24) is 4.90 Å². The van der Waals surface area contributed by atoms with E-state index in [0.29, 0.717) is 29.7 Å². The standard InChI is InChI=1S/C35H57N2O5.BrH/c1-6-16-37(17-8-7-9-18-37)31-22-29-27-11-10-26-21-32(41-24(2)38)30(36-14-19-40-20-15-36)23-35(26,5)28(27)12-13-34(29,4)33(31)42-25(3)39;/h6,26-33H,1,7-23H2,2-5H3;1H/q+1;/p-1/t26-,27+,28-,29-,30-,31-,32-,33-,34-,35-;/m0./s1. The van der Waals surface area contributed by atoms with Crippen molar-refractivity contribution in [2.75, 3.05) is 45.9 Å². The van der Waals surface area contributed by atoms with Gasteiger partial charge in [0.25, 0.3) is 0 Å². The van der Waals surface area contributed by atoms with Crippen LogP contribution in [0.5, 0.6) is 0 Å². The summed E-state index contributed by atoms with van der Waals surface area (Å²) in [5.41, 5.74) is 0.264. The Bertz CT molecular complexity index is 1030. The normalized spacial score (nSPS) is 44.1. The third-order valence-corrected chi connectivity index (χ3v) is 13.6. The molecule has 8 heteroatoms. The molecule has 0 aromatic heterocycles. The average molecular weight is 666 g/mol. The van der Waals surface area contributed by atoms with Gasteiger partial charge < -0.3 is 35.7 Å². The molecule has 6 rings (SSSR count). The number of esters is 2. The van der Waals surface area contributed by atoms with E-state index in [1.54, 1.807) is 13.8 Å². The Morgan fingerprint density at radius 2 is 1.65 bits per heavy atom. The molecule has 2 saturated heterocycles. The molecule has 4 saturated carbocycles. The molecule has 6 fully saturated rings. The second-order valence-corrected chi connectivity index (χ2v) is 15.5. The van der Waals surface area contributed by atoms with E-state index in [0.717, 1.165) is 56.6 Å². The molecule has 6 aliphatic rings. The molecule has 0 amide bonds. The van der Waals surface area contributed by atoms with Gasteiger partial charge in [-0.3, -0.25) is 14.5 Å². The van der Waals surface area contributed by atoms with Gasteiger partial charge in [0.1, 0.15) is 12.1 Å². The summed E-state index contributed by atoms with van der Waals surface area (Å²) in [6.07, 6.45) is 14.0. The molecule has 0 radical (unpaired) electrons. The average Bonchev–Trinajstić information content (AvgIpc) is 3.26. The smallest absolute Gasteiger partial charge is 0.303 e. The molecule has 7 nitrogen and oxygen atoms in total. The number of carbonyl (C=O) groups excluding carboxylic acids is 2. The fourth-order valence-electron chi connectivity index (χ4n) is 11.8. The number of fused-ring (bicyclic) bond motifs is 5. The van der Waals surface area contributed by atoms with Crippen LogP contribution >= 0.6 is 0 Å². The first-order chi connectivity index (χ1) is 20.1. The lowest BCUT2D eigenvalue weighted by molar-refractivity contribution is -0.952. The van der Waals surface area contributed by atoms with Gasteiger partial charge >= 0.3 is 11.9 Å². The zero-order valence-electron chi connectivity index (χ0n) is 27.2. The minimum atomic E-state index is -0.146. The Balaban J connectivity index is 0.00000368. The number of morpholine rings is 1. The second kappa shape index (κ2) is 13.0. The van der Waals surface area contributed by atoms with Gasteiger partial charge in [-0.1, -0.05) is 20.4 Å². The summed E-state index contributed by atoms with van der Waals surface area (Å²) in [5, 5.41) is 0. The van der Waals surface area contributed by atoms with Gasteiger partial charge in [0, 0.05) is 44.8 Å². The Morgan fingerprint density at radius 3 is 2.30 bits per heavy atom. The van der Waals surface area contributed by atoms with Crippen molar-refractivity contribution in [1.29, 1.82) is 0 Å². The monoisotopic (exact) mass is 664 g/mol. The maximum atomic E-state index is 12.6. The van der Waals surface area contributed by atoms with E-state index < -0.39 is 0 Å². The van der Waals surface area contributed by atoms with Gasteiger partial charge in [-0.15, -0.1) is 0 Å². The van der Waals surface area contributed by atoms with Crippen molar-refractivity contribution >= 4 is 11.9 Å². The van der Waals surface area contributed by atoms with Crippen LogP contribution in [-0.4, -0.2) is 91.6 Å². The maximum absolute atomic E-state index is 12.6. The summed E-state index contributed by atoms with van der Waals surface area (Å²) < 4.78 is 19.3. The third-order valence-electron chi connectivity index (χ3n) is 13.6. The van der Waals surface area contributed by atoms with E-state index in [2.05, 4.69) is 31.4 Å². The number of hydrogen-bond acceptors (Lipinski definition) is 6. The van der Waals surface area contributed by atoms with Gasteiger partial charge in [-0.2, -0.15) is 0 Å². The van der Waals surface area contributed by atoms with Crippen LogP contribution < -0.4 is 17.0 Å². The predicted octanol–water partition coefficient (Wildman–Crippen LogP) is 2.37. The zero-order chi connectivity index (χ0) is 29.7. The van der Waals surface area contributed by atoms with Crippen molar-refractivity contribution < 1.29 is 45.3 Å². The number of ether oxygens (including phenoxy) is 3. The van der Waals surface area contributed by atoms with Crippen LogP contribution in [0.25, 0.3) is 0 Å². The summed E-state index contributed by atoms with van der Waals surface area (Å²) in [6.45, 7) is 19.2. The fraction of sp³-hybridized carbons (Fsp3) is 0.886. The number of nitrogens with zero attached hydrogens (tertiary/aromatic N) is 2. The summed E-state index contributed by atoms with van der Waals surface area (Å²) in [6, 6.07) is 0.637. The van der Waals surface area contributed by atoms with E-state index >= 15 is 0 Å². The highest BCUT2D eigenvalue weighted by atomic mass is 79.9.